The molecule has 0 heterocycles. The Morgan fingerprint density at radius 3 is 2.27 bits per heavy atom. The third kappa shape index (κ3) is 12.2. The summed E-state index contributed by atoms with van der Waals surface area (Å²) in [5, 5.41) is 4.83. The minimum atomic E-state index is -4.35. The minimum absolute atomic E-state index is 0.117. The Hall–Kier alpha value is -1.51. The van der Waals surface area contributed by atoms with Gasteiger partial charge >= 0.3 is 12.3 Å². The predicted octanol–water partition coefficient (Wildman–Crippen LogP) is 1.98. The van der Waals surface area contributed by atoms with Crippen LogP contribution in [-0.2, 0) is 14.3 Å². The van der Waals surface area contributed by atoms with Crippen molar-refractivity contribution in [2.75, 3.05) is 19.8 Å². The molecule has 2 amide bonds. The molecule has 0 radical (unpaired) electrons. The molecule has 0 rings (SSSR count). The van der Waals surface area contributed by atoms with Crippen LogP contribution in [0.2, 0.25) is 0 Å². The number of hydrogen-bond acceptors (Lipinski definition) is 4. The number of rotatable bonds is 7. The lowest BCUT2D eigenvalue weighted by atomic mass is 10.2. The summed E-state index contributed by atoms with van der Waals surface area (Å²) >= 11 is 0. The minimum Gasteiger partial charge on any atom is -0.444 e. The quantitative estimate of drug-likeness (QED) is 0.701. The molecule has 2 N–H and O–H groups in total. The van der Waals surface area contributed by atoms with Gasteiger partial charge in [-0.1, -0.05) is 0 Å². The average molecular weight is 328 g/mol. The van der Waals surface area contributed by atoms with E-state index in [2.05, 4.69) is 15.4 Å². The van der Waals surface area contributed by atoms with E-state index in [1.807, 2.05) is 0 Å². The lowest BCUT2D eigenvalue weighted by molar-refractivity contribution is -0.174. The molecule has 0 aliphatic carbocycles. The van der Waals surface area contributed by atoms with Gasteiger partial charge in [0.1, 0.15) is 18.2 Å². The molecule has 0 saturated heterocycles. The second-order valence-corrected chi connectivity index (χ2v) is 5.68. The van der Waals surface area contributed by atoms with E-state index in [4.69, 9.17) is 4.74 Å². The van der Waals surface area contributed by atoms with Crippen LogP contribution in [0.25, 0.3) is 0 Å². The van der Waals surface area contributed by atoms with Crippen LogP contribution in [0.15, 0.2) is 0 Å². The van der Waals surface area contributed by atoms with Gasteiger partial charge in [0.25, 0.3) is 0 Å². The predicted molar refractivity (Wildman–Crippen MR) is 73.3 cm³/mol. The Balaban J connectivity index is 3.81. The van der Waals surface area contributed by atoms with Crippen LogP contribution in [0.1, 0.15) is 34.1 Å². The zero-order valence-electron chi connectivity index (χ0n) is 13.2. The van der Waals surface area contributed by atoms with Crippen molar-refractivity contribution in [3.63, 3.8) is 0 Å². The number of hydrogen-bond donors (Lipinski definition) is 2. The lowest BCUT2D eigenvalue weighted by Gasteiger charge is -2.21. The first kappa shape index (κ1) is 20.5. The molecule has 0 unspecified atom stereocenters. The van der Waals surface area contributed by atoms with Gasteiger partial charge in [-0.3, -0.25) is 4.79 Å². The van der Waals surface area contributed by atoms with Crippen LogP contribution in [0.5, 0.6) is 0 Å². The number of halogens is 3. The summed E-state index contributed by atoms with van der Waals surface area (Å²) in [5.74, 6) is -0.457. The van der Waals surface area contributed by atoms with Crippen molar-refractivity contribution in [1.82, 2.24) is 10.6 Å². The molecule has 0 aromatic carbocycles. The van der Waals surface area contributed by atoms with E-state index >= 15 is 0 Å². The van der Waals surface area contributed by atoms with Crippen molar-refractivity contribution in [3.8, 4) is 0 Å². The van der Waals surface area contributed by atoms with E-state index < -0.39 is 36.4 Å². The second kappa shape index (κ2) is 8.82. The van der Waals surface area contributed by atoms with Crippen LogP contribution in [0.4, 0.5) is 18.0 Å². The molecule has 0 bridgehead atoms. The van der Waals surface area contributed by atoms with Gasteiger partial charge in [-0.2, -0.15) is 13.2 Å². The van der Waals surface area contributed by atoms with E-state index in [9.17, 15) is 22.8 Å². The highest BCUT2D eigenvalue weighted by atomic mass is 19.4. The molecule has 0 aliphatic rings. The molecular weight excluding hydrogens is 305 g/mol. The Labute approximate surface area is 127 Å². The SMILES string of the molecule is C[C@@H](NC(=O)OC(C)(C)C)C(=O)NCCCOCC(F)(F)F. The Bertz CT molecular complexity index is 367. The summed E-state index contributed by atoms with van der Waals surface area (Å²) in [6.07, 6.45) is -4.83. The van der Waals surface area contributed by atoms with Gasteiger partial charge in [0.05, 0.1) is 0 Å². The Morgan fingerprint density at radius 1 is 1.18 bits per heavy atom. The number of carbonyl (C=O) groups excluding carboxylic acids is 2. The summed E-state index contributed by atoms with van der Waals surface area (Å²) in [6.45, 7) is 5.27. The van der Waals surface area contributed by atoms with E-state index in [0.29, 0.717) is 0 Å². The van der Waals surface area contributed by atoms with Crippen LogP contribution in [0, 0.1) is 0 Å². The summed E-state index contributed by atoms with van der Waals surface area (Å²) in [5.41, 5.74) is -0.671. The lowest BCUT2D eigenvalue weighted by Crippen LogP contribution is -2.46. The molecule has 0 saturated carbocycles. The summed E-state index contributed by atoms with van der Waals surface area (Å²) in [4.78, 5) is 23.1. The van der Waals surface area contributed by atoms with Gasteiger partial charge in [-0.25, -0.2) is 4.79 Å². The van der Waals surface area contributed by atoms with E-state index in [1.165, 1.54) is 6.92 Å². The molecule has 0 aromatic rings. The Morgan fingerprint density at radius 2 is 1.77 bits per heavy atom. The van der Waals surface area contributed by atoms with Crippen LogP contribution in [0.3, 0.4) is 0 Å². The van der Waals surface area contributed by atoms with Crippen molar-refractivity contribution in [1.29, 1.82) is 0 Å². The topological polar surface area (TPSA) is 76.7 Å². The number of amides is 2. The Kier molecular flexibility index (Phi) is 8.21. The molecular formula is C13H23F3N2O4. The largest absolute Gasteiger partial charge is 0.444 e. The van der Waals surface area contributed by atoms with E-state index in [1.54, 1.807) is 20.8 Å². The zero-order valence-corrected chi connectivity index (χ0v) is 13.2. The summed E-state index contributed by atoms with van der Waals surface area (Å²) < 4.78 is 44.8. The maximum atomic E-state index is 11.8. The average Bonchev–Trinajstić information content (AvgIpc) is 2.29. The maximum absolute atomic E-state index is 11.8. The van der Waals surface area contributed by atoms with Crippen molar-refractivity contribution in [2.45, 2.75) is 51.9 Å². The fourth-order valence-corrected chi connectivity index (χ4v) is 1.28. The normalized spacial score (nSPS) is 13.4. The molecule has 6 nitrogen and oxygen atoms in total. The molecule has 1 atom stereocenters. The fraction of sp³-hybridized carbons (Fsp3) is 0.846. The highest BCUT2D eigenvalue weighted by molar-refractivity contribution is 5.85. The molecule has 130 valence electrons. The van der Waals surface area contributed by atoms with Crippen LogP contribution >= 0.6 is 0 Å². The number of alkyl halides is 3. The molecule has 0 spiro atoms. The maximum Gasteiger partial charge on any atom is 0.411 e. The van der Waals surface area contributed by atoms with Gasteiger partial charge in [-0.05, 0) is 34.1 Å². The third-order valence-electron chi connectivity index (χ3n) is 2.16. The first-order chi connectivity index (χ1) is 9.91. The van der Waals surface area contributed by atoms with Crippen molar-refractivity contribution in [3.05, 3.63) is 0 Å². The highest BCUT2D eigenvalue weighted by Gasteiger charge is 2.27. The van der Waals surface area contributed by atoms with Crippen LogP contribution in [-0.4, -0.2) is 49.6 Å². The molecule has 0 aromatic heterocycles. The standard InChI is InChI=1S/C13H23F3N2O4/c1-9(18-11(20)22-12(2,3)4)10(19)17-6-5-7-21-8-13(14,15)16/h9H,5-8H2,1-4H3,(H,17,19)(H,18,20)/t9-/m1/s1. The van der Waals surface area contributed by atoms with Crippen LogP contribution < -0.4 is 10.6 Å². The number of nitrogens with one attached hydrogen (secondary N) is 2. The van der Waals surface area contributed by atoms with Crippen molar-refractivity contribution < 1.29 is 32.2 Å². The van der Waals surface area contributed by atoms with E-state index in [-0.39, 0.29) is 19.6 Å². The van der Waals surface area contributed by atoms with Gasteiger partial charge in [-0.15, -0.1) is 0 Å². The molecule has 0 fully saturated rings. The summed E-state index contributed by atoms with van der Waals surface area (Å²) in [6, 6.07) is -0.814. The first-order valence-corrected chi connectivity index (χ1v) is 6.82. The molecule has 9 heteroatoms. The summed E-state index contributed by atoms with van der Waals surface area (Å²) in [7, 11) is 0. The van der Waals surface area contributed by atoms with Gasteiger partial charge < -0.3 is 20.1 Å². The smallest absolute Gasteiger partial charge is 0.411 e. The van der Waals surface area contributed by atoms with Gasteiger partial charge in [0.2, 0.25) is 5.91 Å². The van der Waals surface area contributed by atoms with Crippen molar-refractivity contribution in [2.24, 2.45) is 0 Å². The third-order valence-corrected chi connectivity index (χ3v) is 2.16. The highest BCUT2D eigenvalue weighted by Crippen LogP contribution is 2.14. The monoisotopic (exact) mass is 328 g/mol. The van der Waals surface area contributed by atoms with Gasteiger partial charge in [0.15, 0.2) is 0 Å². The number of carbonyl (C=O) groups is 2. The molecule has 22 heavy (non-hydrogen) atoms. The number of alkyl carbamates (subject to hydrolysis) is 1. The number of ether oxygens (including phenoxy) is 2. The zero-order chi connectivity index (χ0) is 17.4. The van der Waals surface area contributed by atoms with Gasteiger partial charge in [0, 0.05) is 13.2 Å². The fourth-order valence-electron chi connectivity index (χ4n) is 1.28. The first-order valence-electron chi connectivity index (χ1n) is 6.82. The van der Waals surface area contributed by atoms with Crippen molar-refractivity contribution >= 4 is 12.0 Å². The second-order valence-electron chi connectivity index (χ2n) is 5.68. The van der Waals surface area contributed by atoms with E-state index in [0.717, 1.165) is 0 Å². The molecule has 0 aliphatic heterocycles.